The van der Waals surface area contributed by atoms with Crippen molar-refractivity contribution in [2.24, 2.45) is 4.99 Å². The van der Waals surface area contributed by atoms with E-state index in [9.17, 15) is 8.42 Å². The zero-order valence-corrected chi connectivity index (χ0v) is 9.68. The first-order chi connectivity index (χ1) is 7.60. The van der Waals surface area contributed by atoms with Crippen LogP contribution in [-0.2, 0) is 10.0 Å². The number of hydrogen-bond donors (Lipinski definition) is 0. The SMILES string of the molecule is Cc1ccc(S(=O)(=O)N2C=CN=CC2)cc1. The second-order valence-corrected chi connectivity index (χ2v) is 5.41. The Balaban J connectivity index is 2.35. The molecule has 0 atom stereocenters. The summed E-state index contributed by atoms with van der Waals surface area (Å²) >= 11 is 0. The highest BCUT2D eigenvalue weighted by Gasteiger charge is 2.21. The Morgan fingerprint density at radius 1 is 1.25 bits per heavy atom. The van der Waals surface area contributed by atoms with Crippen LogP contribution in [0.5, 0.6) is 0 Å². The highest BCUT2D eigenvalue weighted by molar-refractivity contribution is 7.89. The Hall–Kier alpha value is -1.62. The van der Waals surface area contributed by atoms with E-state index >= 15 is 0 Å². The number of aryl methyl sites for hydroxylation is 1. The third-order valence-corrected chi connectivity index (χ3v) is 4.07. The summed E-state index contributed by atoms with van der Waals surface area (Å²) in [4.78, 5) is 4.14. The van der Waals surface area contributed by atoms with E-state index in [1.807, 2.05) is 6.92 Å². The molecule has 5 heteroatoms. The van der Waals surface area contributed by atoms with Crippen LogP contribution in [0, 0.1) is 6.92 Å². The largest absolute Gasteiger partial charge is 0.266 e. The molecule has 1 aromatic carbocycles. The summed E-state index contributed by atoms with van der Waals surface area (Å²) in [5.41, 5.74) is 1.04. The summed E-state index contributed by atoms with van der Waals surface area (Å²) in [6.07, 6.45) is 4.50. The molecule has 0 aromatic heterocycles. The van der Waals surface area contributed by atoms with E-state index in [1.54, 1.807) is 30.5 Å². The van der Waals surface area contributed by atoms with Gasteiger partial charge in [-0.25, -0.2) is 8.42 Å². The molecule has 0 amide bonds. The number of benzene rings is 1. The van der Waals surface area contributed by atoms with Gasteiger partial charge in [0.15, 0.2) is 0 Å². The van der Waals surface area contributed by atoms with Crippen molar-refractivity contribution in [2.75, 3.05) is 6.54 Å². The molecule has 1 aromatic rings. The fourth-order valence-corrected chi connectivity index (χ4v) is 2.61. The van der Waals surface area contributed by atoms with Crippen molar-refractivity contribution in [2.45, 2.75) is 11.8 Å². The highest BCUT2D eigenvalue weighted by Crippen LogP contribution is 2.17. The van der Waals surface area contributed by atoms with Crippen molar-refractivity contribution in [3.63, 3.8) is 0 Å². The maximum atomic E-state index is 12.1. The summed E-state index contributed by atoms with van der Waals surface area (Å²) in [5, 5.41) is 0. The van der Waals surface area contributed by atoms with Crippen LogP contribution >= 0.6 is 0 Å². The molecule has 2 rings (SSSR count). The lowest BCUT2D eigenvalue weighted by Crippen LogP contribution is -2.28. The third-order valence-electron chi connectivity index (χ3n) is 2.31. The average molecular weight is 236 g/mol. The molecule has 84 valence electrons. The van der Waals surface area contributed by atoms with E-state index < -0.39 is 10.0 Å². The van der Waals surface area contributed by atoms with Gasteiger partial charge in [-0.05, 0) is 19.1 Å². The molecule has 0 saturated heterocycles. The Labute approximate surface area is 95.0 Å². The monoisotopic (exact) mass is 236 g/mol. The second-order valence-electron chi connectivity index (χ2n) is 3.52. The van der Waals surface area contributed by atoms with Gasteiger partial charge in [-0.3, -0.25) is 9.30 Å². The number of rotatable bonds is 2. The molecular weight excluding hydrogens is 224 g/mol. The van der Waals surface area contributed by atoms with Crippen LogP contribution in [0.25, 0.3) is 0 Å². The Morgan fingerprint density at radius 2 is 1.94 bits per heavy atom. The number of hydrogen-bond acceptors (Lipinski definition) is 3. The van der Waals surface area contributed by atoms with E-state index in [4.69, 9.17) is 0 Å². The minimum Gasteiger partial charge on any atom is -0.266 e. The summed E-state index contributed by atoms with van der Waals surface area (Å²) in [7, 11) is -3.42. The van der Waals surface area contributed by atoms with Crippen molar-refractivity contribution in [3.05, 3.63) is 42.2 Å². The van der Waals surface area contributed by atoms with Crippen molar-refractivity contribution in [1.82, 2.24) is 4.31 Å². The fraction of sp³-hybridized carbons (Fsp3) is 0.182. The van der Waals surface area contributed by atoms with Gasteiger partial charge >= 0.3 is 0 Å². The molecule has 0 radical (unpaired) electrons. The van der Waals surface area contributed by atoms with Crippen molar-refractivity contribution >= 4 is 16.2 Å². The molecule has 0 aliphatic carbocycles. The van der Waals surface area contributed by atoms with Crippen molar-refractivity contribution in [3.8, 4) is 0 Å². The van der Waals surface area contributed by atoms with Gasteiger partial charge in [-0.15, -0.1) is 0 Å². The summed E-state index contributed by atoms with van der Waals surface area (Å²) in [6.45, 7) is 2.20. The van der Waals surface area contributed by atoms with Crippen LogP contribution in [0.4, 0.5) is 0 Å². The molecule has 4 nitrogen and oxygen atoms in total. The zero-order valence-electron chi connectivity index (χ0n) is 8.87. The predicted octanol–water partition coefficient (Wildman–Crippen LogP) is 1.54. The molecule has 0 unspecified atom stereocenters. The normalized spacial score (nSPS) is 15.4. The van der Waals surface area contributed by atoms with Crippen LogP contribution < -0.4 is 0 Å². The van der Waals surface area contributed by atoms with Gasteiger partial charge in [-0.2, -0.15) is 0 Å². The maximum absolute atomic E-state index is 12.1. The lowest BCUT2D eigenvalue weighted by molar-refractivity contribution is 0.526. The van der Waals surface area contributed by atoms with Crippen LogP contribution in [0.3, 0.4) is 0 Å². The lowest BCUT2D eigenvalue weighted by atomic mass is 10.2. The second kappa shape index (κ2) is 4.09. The molecule has 0 spiro atoms. The molecular formula is C11H12N2O2S. The molecule has 0 N–H and O–H groups in total. The van der Waals surface area contributed by atoms with E-state index in [0.29, 0.717) is 4.90 Å². The number of aliphatic imine (C=N–C) groups is 1. The number of sulfonamides is 1. The van der Waals surface area contributed by atoms with Gasteiger partial charge in [0, 0.05) is 18.6 Å². The van der Waals surface area contributed by atoms with Crippen LogP contribution in [0.15, 0.2) is 46.6 Å². The van der Waals surface area contributed by atoms with Gasteiger partial charge in [0.05, 0.1) is 11.4 Å². The molecule has 1 aliphatic heterocycles. The Kier molecular flexibility index (Phi) is 2.78. The topological polar surface area (TPSA) is 49.7 Å². The van der Waals surface area contributed by atoms with E-state index in [0.717, 1.165) is 5.56 Å². The van der Waals surface area contributed by atoms with Gasteiger partial charge in [-0.1, -0.05) is 17.7 Å². The summed E-state index contributed by atoms with van der Waals surface area (Å²) in [6, 6.07) is 6.80. The first kappa shape index (κ1) is 10.9. The molecule has 0 bridgehead atoms. The van der Waals surface area contributed by atoms with Crippen LogP contribution in [0.1, 0.15) is 5.56 Å². The quantitative estimate of drug-likeness (QED) is 0.782. The first-order valence-corrected chi connectivity index (χ1v) is 6.31. The van der Waals surface area contributed by atoms with E-state index in [1.165, 1.54) is 16.7 Å². The smallest absolute Gasteiger partial charge is 0.264 e. The molecule has 16 heavy (non-hydrogen) atoms. The van der Waals surface area contributed by atoms with E-state index in [-0.39, 0.29) is 6.54 Å². The van der Waals surface area contributed by atoms with Crippen molar-refractivity contribution in [1.29, 1.82) is 0 Å². The molecule has 1 heterocycles. The van der Waals surface area contributed by atoms with Gasteiger partial charge in [0.2, 0.25) is 0 Å². The van der Waals surface area contributed by atoms with Crippen LogP contribution in [0.2, 0.25) is 0 Å². The molecule has 0 fully saturated rings. The Morgan fingerprint density at radius 3 is 2.50 bits per heavy atom. The summed E-state index contributed by atoms with van der Waals surface area (Å²) in [5.74, 6) is 0. The third kappa shape index (κ3) is 1.99. The lowest BCUT2D eigenvalue weighted by Gasteiger charge is -2.19. The first-order valence-electron chi connectivity index (χ1n) is 4.87. The zero-order chi connectivity index (χ0) is 11.6. The fourth-order valence-electron chi connectivity index (χ4n) is 1.39. The molecule has 1 aliphatic rings. The van der Waals surface area contributed by atoms with Crippen molar-refractivity contribution < 1.29 is 8.42 Å². The standard InChI is InChI=1S/C11H12N2O2S/c1-10-2-4-11(5-3-10)16(14,15)13-8-6-12-7-9-13/h2-8H,9H2,1H3. The minimum atomic E-state index is -3.42. The minimum absolute atomic E-state index is 0.284. The maximum Gasteiger partial charge on any atom is 0.264 e. The molecule has 0 saturated carbocycles. The van der Waals surface area contributed by atoms with Gasteiger partial charge < -0.3 is 0 Å². The van der Waals surface area contributed by atoms with Gasteiger partial charge in [0.25, 0.3) is 10.0 Å². The van der Waals surface area contributed by atoms with Gasteiger partial charge in [0.1, 0.15) is 0 Å². The van der Waals surface area contributed by atoms with Crippen LogP contribution in [-0.4, -0.2) is 25.5 Å². The Bertz CT molecular complexity index is 530. The number of nitrogens with zero attached hydrogens (tertiary/aromatic N) is 2. The highest BCUT2D eigenvalue weighted by atomic mass is 32.2. The predicted molar refractivity (Wildman–Crippen MR) is 62.7 cm³/mol. The average Bonchev–Trinajstić information content (AvgIpc) is 2.31. The van der Waals surface area contributed by atoms with E-state index in [2.05, 4.69) is 4.99 Å². The summed E-state index contributed by atoms with van der Waals surface area (Å²) < 4.78 is 25.5.